The van der Waals surface area contributed by atoms with E-state index in [2.05, 4.69) is 26.7 Å². The first-order chi connectivity index (χ1) is 16.1. The molecular formula is C24H25N7O2. The van der Waals surface area contributed by atoms with Crippen LogP contribution in [0.1, 0.15) is 18.9 Å². The molecule has 0 spiro atoms. The van der Waals surface area contributed by atoms with E-state index in [1.807, 2.05) is 47.2 Å². The van der Waals surface area contributed by atoms with Gasteiger partial charge in [0.2, 0.25) is 5.88 Å². The molecule has 1 aliphatic heterocycles. The van der Waals surface area contributed by atoms with Crippen LogP contribution in [0.2, 0.25) is 0 Å². The van der Waals surface area contributed by atoms with Gasteiger partial charge in [-0.2, -0.15) is 10.2 Å². The number of pyridine rings is 1. The summed E-state index contributed by atoms with van der Waals surface area (Å²) in [5.41, 5.74) is 7.83. The van der Waals surface area contributed by atoms with Crippen molar-refractivity contribution in [2.24, 2.45) is 0 Å². The van der Waals surface area contributed by atoms with Crippen LogP contribution in [0.5, 0.6) is 11.6 Å². The molecule has 168 valence electrons. The van der Waals surface area contributed by atoms with Crippen LogP contribution in [0.3, 0.4) is 0 Å². The van der Waals surface area contributed by atoms with Crippen molar-refractivity contribution < 1.29 is 4.74 Å². The largest absolute Gasteiger partial charge is 0.439 e. The van der Waals surface area contributed by atoms with Gasteiger partial charge in [-0.15, -0.1) is 6.58 Å². The standard InChI is InChI=1S/C24H25N7O2/c1-2-13-30-14-5-6-17(15-30)31-22-20(23(25)27-28-24(22)32)21(29-31)16-8-10-18(11-9-16)33-19-7-3-4-12-26-19/h2-4,7-12,17H,1,5-6,13-15H2,(H2,25,27)(H,28,32)/t17-/m1/s1. The Labute approximate surface area is 190 Å². The van der Waals surface area contributed by atoms with E-state index in [-0.39, 0.29) is 17.4 Å². The number of nitrogens with zero attached hydrogens (tertiary/aromatic N) is 5. The zero-order chi connectivity index (χ0) is 22.8. The average Bonchev–Trinajstić information content (AvgIpc) is 3.25. The lowest BCUT2D eigenvalue weighted by Gasteiger charge is -2.32. The SMILES string of the molecule is C=CCN1CCC[C@@H](n2nc(-c3ccc(Oc4ccccn4)cc3)c3c(N)n[nH]c(=O)c32)C1. The molecule has 0 amide bonds. The van der Waals surface area contributed by atoms with E-state index in [0.717, 1.165) is 38.0 Å². The molecule has 4 aromatic rings. The smallest absolute Gasteiger partial charge is 0.290 e. The maximum absolute atomic E-state index is 12.8. The molecule has 0 aliphatic carbocycles. The number of likely N-dealkylation sites (tertiary alicyclic amines) is 1. The molecule has 1 saturated heterocycles. The van der Waals surface area contributed by atoms with E-state index in [1.54, 1.807) is 12.3 Å². The Morgan fingerprint density at radius 2 is 2.09 bits per heavy atom. The van der Waals surface area contributed by atoms with Crippen molar-refractivity contribution in [1.29, 1.82) is 0 Å². The van der Waals surface area contributed by atoms with Crippen molar-refractivity contribution in [2.45, 2.75) is 18.9 Å². The highest BCUT2D eigenvalue weighted by atomic mass is 16.5. The van der Waals surface area contributed by atoms with Crippen molar-refractivity contribution in [2.75, 3.05) is 25.4 Å². The number of nitrogen functional groups attached to an aromatic ring is 1. The first-order valence-corrected chi connectivity index (χ1v) is 10.9. The Morgan fingerprint density at radius 1 is 1.24 bits per heavy atom. The third-order valence-corrected chi connectivity index (χ3v) is 5.86. The predicted molar refractivity (Wildman–Crippen MR) is 127 cm³/mol. The minimum atomic E-state index is -0.297. The van der Waals surface area contributed by atoms with Gasteiger partial charge in [-0.05, 0) is 49.7 Å². The van der Waals surface area contributed by atoms with Crippen LogP contribution in [0.15, 0.2) is 66.1 Å². The molecule has 4 heterocycles. The van der Waals surface area contributed by atoms with Gasteiger partial charge in [0.05, 0.1) is 11.4 Å². The highest BCUT2D eigenvalue weighted by Gasteiger charge is 2.27. The minimum Gasteiger partial charge on any atom is -0.439 e. The van der Waals surface area contributed by atoms with Crippen molar-refractivity contribution >= 4 is 16.7 Å². The maximum Gasteiger partial charge on any atom is 0.290 e. The summed E-state index contributed by atoms with van der Waals surface area (Å²) >= 11 is 0. The monoisotopic (exact) mass is 443 g/mol. The number of rotatable bonds is 6. The molecule has 3 aromatic heterocycles. The molecule has 0 unspecified atom stereocenters. The number of hydrogen-bond acceptors (Lipinski definition) is 7. The van der Waals surface area contributed by atoms with E-state index in [0.29, 0.717) is 28.2 Å². The highest BCUT2D eigenvalue weighted by molar-refractivity contribution is 5.99. The van der Waals surface area contributed by atoms with Crippen LogP contribution in [0, 0.1) is 0 Å². The third-order valence-electron chi connectivity index (χ3n) is 5.86. The summed E-state index contributed by atoms with van der Waals surface area (Å²) in [5, 5.41) is 12.0. The Morgan fingerprint density at radius 3 is 2.85 bits per heavy atom. The molecule has 3 N–H and O–H groups in total. The van der Waals surface area contributed by atoms with Gasteiger partial charge in [0.25, 0.3) is 5.56 Å². The van der Waals surface area contributed by atoms with E-state index in [9.17, 15) is 4.79 Å². The maximum atomic E-state index is 12.8. The van der Waals surface area contributed by atoms with E-state index in [4.69, 9.17) is 15.6 Å². The number of ether oxygens (including phenoxy) is 1. The summed E-state index contributed by atoms with van der Waals surface area (Å²) in [6, 6.07) is 13.0. The number of benzene rings is 1. The molecular weight excluding hydrogens is 418 g/mol. The number of fused-ring (bicyclic) bond motifs is 1. The van der Waals surface area contributed by atoms with E-state index in [1.165, 1.54) is 0 Å². The van der Waals surface area contributed by atoms with Gasteiger partial charge < -0.3 is 10.5 Å². The van der Waals surface area contributed by atoms with Crippen molar-refractivity contribution in [3.63, 3.8) is 0 Å². The van der Waals surface area contributed by atoms with Gasteiger partial charge in [0.1, 0.15) is 17.0 Å². The van der Waals surface area contributed by atoms with Crippen LogP contribution in [-0.4, -0.2) is 49.5 Å². The van der Waals surface area contributed by atoms with Crippen LogP contribution in [0.4, 0.5) is 5.82 Å². The van der Waals surface area contributed by atoms with Crippen LogP contribution < -0.4 is 16.0 Å². The number of H-pyrrole nitrogens is 1. The average molecular weight is 444 g/mol. The molecule has 0 radical (unpaired) electrons. The zero-order valence-corrected chi connectivity index (χ0v) is 18.1. The molecule has 0 saturated carbocycles. The van der Waals surface area contributed by atoms with E-state index >= 15 is 0 Å². The van der Waals surface area contributed by atoms with Gasteiger partial charge in [-0.3, -0.25) is 14.4 Å². The Hall–Kier alpha value is -3.98. The number of nitrogens with one attached hydrogen (secondary N) is 1. The summed E-state index contributed by atoms with van der Waals surface area (Å²) in [6.07, 6.45) is 5.53. The second kappa shape index (κ2) is 8.87. The lowest BCUT2D eigenvalue weighted by molar-refractivity contribution is 0.188. The van der Waals surface area contributed by atoms with Gasteiger partial charge in [-0.25, -0.2) is 10.1 Å². The Balaban J connectivity index is 1.54. The summed E-state index contributed by atoms with van der Waals surface area (Å²) in [5.74, 6) is 1.41. The van der Waals surface area contributed by atoms with Gasteiger partial charge >= 0.3 is 0 Å². The normalized spacial score (nSPS) is 16.7. The molecule has 33 heavy (non-hydrogen) atoms. The lowest BCUT2D eigenvalue weighted by Crippen LogP contribution is -2.37. The number of nitrogens with two attached hydrogens (primary N) is 1. The molecule has 0 bridgehead atoms. The molecule has 9 nitrogen and oxygen atoms in total. The Bertz CT molecular complexity index is 1330. The molecule has 5 rings (SSSR count). The van der Waals surface area contributed by atoms with Crippen LogP contribution >= 0.6 is 0 Å². The lowest BCUT2D eigenvalue weighted by atomic mass is 10.1. The Kier molecular flexibility index (Phi) is 5.62. The van der Waals surface area contributed by atoms with E-state index < -0.39 is 0 Å². The fraction of sp³-hybridized carbons (Fsp3) is 0.250. The number of hydrogen-bond donors (Lipinski definition) is 2. The first-order valence-electron chi connectivity index (χ1n) is 10.9. The molecule has 1 aromatic carbocycles. The molecule has 1 fully saturated rings. The molecule has 1 atom stereocenters. The summed E-state index contributed by atoms with van der Waals surface area (Å²) < 4.78 is 7.62. The van der Waals surface area contributed by atoms with Crippen LogP contribution in [0.25, 0.3) is 22.2 Å². The number of aromatic amines is 1. The van der Waals surface area contributed by atoms with Gasteiger partial charge in [0.15, 0.2) is 5.82 Å². The minimum absolute atomic E-state index is 0.0598. The van der Waals surface area contributed by atoms with Gasteiger partial charge in [-0.1, -0.05) is 12.1 Å². The van der Waals surface area contributed by atoms with Crippen molar-refractivity contribution in [3.05, 3.63) is 71.7 Å². The fourth-order valence-electron chi connectivity index (χ4n) is 4.37. The number of aromatic nitrogens is 5. The number of anilines is 1. The quantitative estimate of drug-likeness (QED) is 0.439. The summed E-state index contributed by atoms with van der Waals surface area (Å²) in [7, 11) is 0. The fourth-order valence-corrected chi connectivity index (χ4v) is 4.37. The topological polar surface area (TPSA) is 115 Å². The van der Waals surface area contributed by atoms with Gasteiger partial charge in [0, 0.05) is 30.9 Å². The second-order valence-corrected chi connectivity index (χ2v) is 8.09. The predicted octanol–water partition coefficient (Wildman–Crippen LogP) is 3.38. The molecule has 9 heteroatoms. The second-order valence-electron chi connectivity index (χ2n) is 8.09. The van der Waals surface area contributed by atoms with Crippen molar-refractivity contribution in [1.82, 2.24) is 29.9 Å². The van der Waals surface area contributed by atoms with Crippen molar-refractivity contribution in [3.8, 4) is 22.9 Å². The summed E-state index contributed by atoms with van der Waals surface area (Å²) in [4.78, 5) is 19.3. The third kappa shape index (κ3) is 4.10. The highest BCUT2D eigenvalue weighted by Crippen LogP contribution is 2.34. The zero-order valence-electron chi connectivity index (χ0n) is 18.1. The summed E-state index contributed by atoms with van der Waals surface area (Å²) in [6.45, 7) is 6.45. The number of piperidine rings is 1. The first kappa shape index (κ1) is 20.9. The van der Waals surface area contributed by atoms with Crippen LogP contribution in [-0.2, 0) is 0 Å². The molecule has 1 aliphatic rings.